The maximum absolute atomic E-state index is 11.9. The number of nitrogens with zero attached hydrogens (tertiary/aromatic N) is 3. The highest BCUT2D eigenvalue weighted by Gasteiger charge is 2.18. The van der Waals surface area contributed by atoms with Crippen LogP contribution in [0.3, 0.4) is 0 Å². The summed E-state index contributed by atoms with van der Waals surface area (Å²) in [6.45, 7) is 0. The molecule has 1 N–H and O–H groups in total. The standard InChI is InChI=1S/C9H9BrN4O2S/c1-14-5-9(12-6-14)17(15,16)13-8-2-3-11-4-7(8)10/h2-6H,1H3,(H,11,13). The molecular weight excluding hydrogens is 308 g/mol. The van der Waals surface area contributed by atoms with Crippen LogP contribution < -0.4 is 4.72 Å². The van der Waals surface area contributed by atoms with Crippen molar-refractivity contribution in [1.29, 1.82) is 0 Å². The van der Waals surface area contributed by atoms with Gasteiger partial charge in [-0.25, -0.2) is 4.98 Å². The van der Waals surface area contributed by atoms with Crippen LogP contribution in [0.2, 0.25) is 0 Å². The molecule has 0 atom stereocenters. The Morgan fingerprint density at radius 2 is 2.24 bits per heavy atom. The Bertz CT molecular complexity index is 638. The van der Waals surface area contributed by atoms with Gasteiger partial charge in [-0.3, -0.25) is 9.71 Å². The second-order valence-corrected chi connectivity index (χ2v) is 5.82. The van der Waals surface area contributed by atoms with Crippen LogP contribution in [0.15, 0.2) is 40.5 Å². The van der Waals surface area contributed by atoms with E-state index >= 15 is 0 Å². The lowest BCUT2D eigenvalue weighted by molar-refractivity contribution is 0.598. The Labute approximate surface area is 107 Å². The molecule has 0 aliphatic carbocycles. The molecule has 2 aromatic heterocycles. The van der Waals surface area contributed by atoms with Gasteiger partial charge in [-0.2, -0.15) is 8.42 Å². The van der Waals surface area contributed by atoms with Crippen molar-refractivity contribution >= 4 is 31.6 Å². The molecule has 0 saturated heterocycles. The van der Waals surface area contributed by atoms with E-state index in [-0.39, 0.29) is 5.03 Å². The van der Waals surface area contributed by atoms with E-state index in [4.69, 9.17) is 0 Å². The molecule has 0 aliphatic heterocycles. The normalized spacial score (nSPS) is 11.4. The summed E-state index contributed by atoms with van der Waals surface area (Å²) in [5, 5.41) is -0.0243. The SMILES string of the molecule is Cn1cnc(S(=O)(=O)Nc2ccncc2Br)c1. The maximum Gasteiger partial charge on any atom is 0.280 e. The topological polar surface area (TPSA) is 76.9 Å². The zero-order valence-corrected chi connectivity index (χ0v) is 11.2. The summed E-state index contributed by atoms with van der Waals surface area (Å²) in [5.74, 6) is 0. The minimum absolute atomic E-state index is 0.0243. The molecule has 0 bridgehead atoms. The average molecular weight is 317 g/mol. The molecule has 17 heavy (non-hydrogen) atoms. The van der Waals surface area contributed by atoms with Gasteiger partial charge in [-0.1, -0.05) is 0 Å². The fourth-order valence-electron chi connectivity index (χ4n) is 1.18. The third-order valence-corrected chi connectivity index (χ3v) is 3.86. The van der Waals surface area contributed by atoms with Crippen molar-refractivity contribution in [3.05, 3.63) is 35.5 Å². The van der Waals surface area contributed by atoms with Gasteiger partial charge in [-0.05, 0) is 22.0 Å². The first kappa shape index (κ1) is 12.1. The van der Waals surface area contributed by atoms with E-state index in [2.05, 4.69) is 30.6 Å². The van der Waals surface area contributed by atoms with E-state index in [1.165, 1.54) is 24.9 Å². The van der Waals surface area contributed by atoms with E-state index in [0.29, 0.717) is 10.2 Å². The van der Waals surface area contributed by atoms with E-state index in [1.54, 1.807) is 17.7 Å². The summed E-state index contributed by atoms with van der Waals surface area (Å²) in [6.07, 6.45) is 5.87. The molecule has 0 radical (unpaired) electrons. The number of pyridine rings is 1. The predicted molar refractivity (Wildman–Crippen MR) is 66.0 cm³/mol. The highest BCUT2D eigenvalue weighted by molar-refractivity contribution is 9.10. The highest BCUT2D eigenvalue weighted by atomic mass is 79.9. The fourth-order valence-corrected chi connectivity index (χ4v) is 2.73. The molecule has 2 heterocycles. The third-order valence-electron chi connectivity index (χ3n) is 1.97. The summed E-state index contributed by atoms with van der Waals surface area (Å²) in [6, 6.07) is 1.56. The second-order valence-electron chi connectivity index (χ2n) is 3.34. The van der Waals surface area contributed by atoms with E-state index in [0.717, 1.165) is 0 Å². The number of aryl methyl sites for hydroxylation is 1. The number of anilines is 1. The number of halogens is 1. The van der Waals surface area contributed by atoms with Crippen LogP contribution >= 0.6 is 15.9 Å². The van der Waals surface area contributed by atoms with Crippen LogP contribution in [0.5, 0.6) is 0 Å². The molecular formula is C9H9BrN4O2S. The molecule has 6 nitrogen and oxygen atoms in total. The molecule has 0 amide bonds. The van der Waals surface area contributed by atoms with Gasteiger partial charge < -0.3 is 4.57 Å². The smallest absolute Gasteiger partial charge is 0.280 e. The van der Waals surface area contributed by atoms with Gasteiger partial charge in [0.15, 0.2) is 5.03 Å². The van der Waals surface area contributed by atoms with Gasteiger partial charge in [0, 0.05) is 25.6 Å². The van der Waals surface area contributed by atoms with Crippen molar-refractivity contribution in [2.45, 2.75) is 5.03 Å². The number of imidazole rings is 1. The van der Waals surface area contributed by atoms with Crippen LogP contribution in [0, 0.1) is 0 Å². The first-order valence-electron chi connectivity index (χ1n) is 4.59. The zero-order valence-electron chi connectivity index (χ0n) is 8.83. The first-order chi connectivity index (χ1) is 7.99. The van der Waals surface area contributed by atoms with Crippen molar-refractivity contribution in [2.24, 2.45) is 7.05 Å². The molecule has 8 heteroatoms. The summed E-state index contributed by atoms with van der Waals surface area (Å²) in [7, 11) is -1.95. The van der Waals surface area contributed by atoms with Gasteiger partial charge in [0.05, 0.1) is 16.5 Å². The molecule has 2 rings (SSSR count). The lowest BCUT2D eigenvalue weighted by atomic mass is 10.4. The Balaban J connectivity index is 2.33. The first-order valence-corrected chi connectivity index (χ1v) is 6.87. The molecule has 0 fully saturated rings. The van der Waals surface area contributed by atoms with Crippen LogP contribution in [0.25, 0.3) is 0 Å². The Morgan fingerprint density at radius 3 is 2.82 bits per heavy atom. The monoisotopic (exact) mass is 316 g/mol. The number of hydrogen-bond donors (Lipinski definition) is 1. The molecule has 0 aromatic carbocycles. The number of nitrogens with one attached hydrogen (secondary N) is 1. The Hall–Kier alpha value is -1.41. The number of sulfonamides is 1. The summed E-state index contributed by atoms with van der Waals surface area (Å²) in [4.78, 5) is 7.65. The van der Waals surface area contributed by atoms with E-state index in [9.17, 15) is 8.42 Å². The number of rotatable bonds is 3. The van der Waals surface area contributed by atoms with Crippen molar-refractivity contribution in [3.63, 3.8) is 0 Å². The number of aromatic nitrogens is 3. The minimum atomic E-state index is -3.65. The molecule has 0 unspecified atom stereocenters. The van der Waals surface area contributed by atoms with E-state index in [1.807, 2.05) is 0 Å². The second kappa shape index (κ2) is 4.46. The molecule has 2 aromatic rings. The van der Waals surface area contributed by atoms with Crippen LogP contribution in [0.1, 0.15) is 0 Å². The van der Waals surface area contributed by atoms with Crippen molar-refractivity contribution in [3.8, 4) is 0 Å². The fraction of sp³-hybridized carbons (Fsp3) is 0.111. The largest absolute Gasteiger partial charge is 0.339 e. The lowest BCUT2D eigenvalue weighted by Gasteiger charge is -2.06. The van der Waals surface area contributed by atoms with Gasteiger partial charge >= 0.3 is 0 Å². The van der Waals surface area contributed by atoms with Crippen molar-refractivity contribution < 1.29 is 8.42 Å². The molecule has 0 aliphatic rings. The van der Waals surface area contributed by atoms with Gasteiger partial charge in [-0.15, -0.1) is 0 Å². The van der Waals surface area contributed by atoms with Gasteiger partial charge in [0.25, 0.3) is 10.0 Å². The zero-order chi connectivity index (χ0) is 12.5. The lowest BCUT2D eigenvalue weighted by Crippen LogP contribution is -2.13. The molecule has 0 saturated carbocycles. The van der Waals surface area contributed by atoms with Crippen LogP contribution in [-0.2, 0) is 17.1 Å². The average Bonchev–Trinajstić information content (AvgIpc) is 2.69. The molecule has 90 valence electrons. The Kier molecular flexibility index (Phi) is 3.16. The van der Waals surface area contributed by atoms with Gasteiger partial charge in [0.2, 0.25) is 0 Å². The van der Waals surface area contributed by atoms with Gasteiger partial charge in [0.1, 0.15) is 0 Å². The Morgan fingerprint density at radius 1 is 1.47 bits per heavy atom. The van der Waals surface area contributed by atoms with Crippen molar-refractivity contribution in [1.82, 2.24) is 14.5 Å². The van der Waals surface area contributed by atoms with Crippen molar-refractivity contribution in [2.75, 3.05) is 4.72 Å². The summed E-state index contributed by atoms with van der Waals surface area (Å²) < 4.78 is 28.4. The third kappa shape index (κ3) is 2.64. The summed E-state index contributed by atoms with van der Waals surface area (Å²) in [5.41, 5.74) is 0.422. The maximum atomic E-state index is 11.9. The quantitative estimate of drug-likeness (QED) is 0.928. The number of hydrogen-bond acceptors (Lipinski definition) is 4. The molecule has 0 spiro atoms. The summed E-state index contributed by atoms with van der Waals surface area (Å²) >= 11 is 3.21. The minimum Gasteiger partial charge on any atom is -0.339 e. The van der Waals surface area contributed by atoms with Crippen LogP contribution in [-0.4, -0.2) is 23.0 Å². The van der Waals surface area contributed by atoms with E-state index < -0.39 is 10.0 Å². The highest BCUT2D eigenvalue weighted by Crippen LogP contribution is 2.22. The predicted octanol–water partition coefficient (Wildman–Crippen LogP) is 1.38. The van der Waals surface area contributed by atoms with Crippen LogP contribution in [0.4, 0.5) is 5.69 Å².